The lowest BCUT2D eigenvalue weighted by molar-refractivity contribution is -0.137. The maximum atomic E-state index is 11.9. The van der Waals surface area contributed by atoms with Gasteiger partial charge in [-0.15, -0.1) is 0 Å². The van der Waals surface area contributed by atoms with Crippen LogP contribution in [0.2, 0.25) is 0 Å². The monoisotopic (exact) mass is 692 g/mol. The molecule has 5 amide bonds. The first-order valence-electron chi connectivity index (χ1n) is 18.0. The van der Waals surface area contributed by atoms with Crippen molar-refractivity contribution < 1.29 is 39.3 Å². The molecule has 0 unspecified atom stereocenters. The highest BCUT2D eigenvalue weighted by Crippen LogP contribution is 2.35. The van der Waals surface area contributed by atoms with Crippen LogP contribution >= 0.6 is 0 Å². The molecule has 1 fully saturated rings. The van der Waals surface area contributed by atoms with Crippen LogP contribution in [-0.4, -0.2) is 99.6 Å². The average Bonchev–Trinajstić information content (AvgIpc) is 3.75. The van der Waals surface area contributed by atoms with Crippen molar-refractivity contribution in [1.82, 2.24) is 20.4 Å². The molecule has 49 heavy (non-hydrogen) atoms. The molecular formula is C37H64N4O8. The fraction of sp³-hybridized carbons (Fsp3) is 0.703. The second kappa shape index (κ2) is 26.5. The summed E-state index contributed by atoms with van der Waals surface area (Å²) < 4.78 is 0. The van der Waals surface area contributed by atoms with Gasteiger partial charge in [-0.1, -0.05) is 53.4 Å². The zero-order valence-corrected chi connectivity index (χ0v) is 30.9. The molecule has 280 valence electrons. The number of nitrogens with one attached hydrogen (secondary N) is 2. The molecule has 0 bridgehead atoms. The van der Waals surface area contributed by atoms with E-state index in [4.69, 9.17) is 15.3 Å². The van der Waals surface area contributed by atoms with Gasteiger partial charge in [0.05, 0.1) is 5.60 Å². The Hall–Kier alpha value is -3.35. The molecule has 0 radical (unpaired) electrons. The van der Waals surface area contributed by atoms with E-state index >= 15 is 0 Å². The van der Waals surface area contributed by atoms with Crippen LogP contribution in [0.15, 0.2) is 35.6 Å². The highest BCUT2D eigenvalue weighted by molar-refractivity contribution is 6.13. The van der Waals surface area contributed by atoms with Crippen molar-refractivity contribution in [2.24, 2.45) is 5.92 Å². The van der Waals surface area contributed by atoms with Crippen molar-refractivity contribution in [3.05, 3.63) is 35.6 Å². The smallest absolute Gasteiger partial charge is 0.253 e. The van der Waals surface area contributed by atoms with E-state index in [0.717, 1.165) is 68.4 Å². The van der Waals surface area contributed by atoms with Crippen LogP contribution in [-0.2, 0) is 24.0 Å². The minimum Gasteiger partial charge on any atom is -0.396 e. The second-order valence-electron chi connectivity index (χ2n) is 13.0. The molecule has 0 aromatic rings. The molecule has 2 heterocycles. The number of aliphatic hydroxyl groups excluding tert-OH is 2. The topological polar surface area (TPSA) is 177 Å². The molecule has 0 aromatic heterocycles. The third-order valence-corrected chi connectivity index (χ3v) is 7.50. The molecule has 2 aliphatic heterocycles. The Morgan fingerprint density at radius 1 is 0.735 bits per heavy atom. The summed E-state index contributed by atoms with van der Waals surface area (Å²) in [5.41, 5.74) is 1.65. The standard InChI is InChI=1S/C18H28N2O3.C12H18N2O3.C5H12O2.C2H6/c21-14-6-4-2-1-3-5-12-19-17(22)11-13-20-16(15-7-8-15)9-10-18(20)23;1-9(2)5-7-13-10(15)6-8-14-11(16)3-4-12(14)17;1-5(2,7)3-4-6;1-2/h9-10,21H,1-8,11-14H2,(H,19,22);3-4,9H,5-8H2,1-2H3,(H,13,15);6-7H,3-4H2,1-2H3;1-2H3. The number of imide groups is 1. The zero-order valence-electron chi connectivity index (χ0n) is 30.9. The lowest BCUT2D eigenvalue weighted by Crippen LogP contribution is -2.35. The largest absolute Gasteiger partial charge is 0.396 e. The van der Waals surface area contributed by atoms with Gasteiger partial charge < -0.3 is 30.9 Å². The normalized spacial score (nSPS) is 14.7. The maximum Gasteiger partial charge on any atom is 0.253 e. The van der Waals surface area contributed by atoms with Crippen molar-refractivity contribution in [2.45, 2.75) is 124 Å². The first-order chi connectivity index (χ1) is 23.3. The van der Waals surface area contributed by atoms with Gasteiger partial charge in [-0.2, -0.15) is 0 Å². The lowest BCUT2D eigenvalue weighted by Gasteiger charge is -2.17. The summed E-state index contributed by atoms with van der Waals surface area (Å²) in [7, 11) is 0. The highest BCUT2D eigenvalue weighted by Gasteiger charge is 2.28. The summed E-state index contributed by atoms with van der Waals surface area (Å²) in [6.45, 7) is 13.8. The summed E-state index contributed by atoms with van der Waals surface area (Å²) in [6.07, 6.45) is 16.3. The zero-order chi connectivity index (χ0) is 37.2. The molecule has 0 aromatic carbocycles. The molecule has 0 saturated heterocycles. The van der Waals surface area contributed by atoms with Crippen LogP contribution in [0.4, 0.5) is 0 Å². The fourth-order valence-electron chi connectivity index (χ4n) is 4.51. The third kappa shape index (κ3) is 22.8. The third-order valence-electron chi connectivity index (χ3n) is 7.50. The predicted molar refractivity (Wildman–Crippen MR) is 192 cm³/mol. The van der Waals surface area contributed by atoms with Gasteiger partial charge in [-0.3, -0.25) is 28.9 Å². The maximum absolute atomic E-state index is 11.9. The number of unbranched alkanes of at least 4 members (excludes halogenated alkanes) is 5. The SMILES string of the molecule is CC.CC(C)(O)CCO.CC(C)CCNC(=O)CCN1C(=O)C=CC1=O.O=C(CCN1C(=O)C=CC1=C1CC1)NCCCCCCCCO. The average molecular weight is 693 g/mol. The molecule has 3 rings (SSSR count). The van der Waals surface area contributed by atoms with E-state index in [0.29, 0.717) is 38.4 Å². The summed E-state index contributed by atoms with van der Waals surface area (Å²) >= 11 is 0. The summed E-state index contributed by atoms with van der Waals surface area (Å²) in [4.78, 5) is 60.2. The number of amides is 5. The van der Waals surface area contributed by atoms with Gasteiger partial charge in [0.1, 0.15) is 0 Å². The Bertz CT molecular complexity index is 1080. The molecule has 5 N–H and O–H groups in total. The number of rotatable bonds is 19. The van der Waals surface area contributed by atoms with Crippen LogP contribution in [0.25, 0.3) is 0 Å². The van der Waals surface area contributed by atoms with E-state index in [1.165, 1.54) is 17.7 Å². The van der Waals surface area contributed by atoms with Gasteiger partial charge in [-0.25, -0.2) is 0 Å². The number of nitrogens with zero attached hydrogens (tertiary/aromatic N) is 2. The number of allylic oxidation sites excluding steroid dienone is 2. The minimum absolute atomic E-state index is 0.00456. The first-order valence-corrected chi connectivity index (χ1v) is 18.0. The highest BCUT2D eigenvalue weighted by atomic mass is 16.3. The predicted octanol–water partition coefficient (Wildman–Crippen LogP) is 3.90. The van der Waals surface area contributed by atoms with Gasteiger partial charge in [0.2, 0.25) is 11.8 Å². The number of hydrogen-bond donors (Lipinski definition) is 5. The molecule has 1 aliphatic carbocycles. The van der Waals surface area contributed by atoms with Crippen molar-refractivity contribution in [2.75, 3.05) is 39.4 Å². The van der Waals surface area contributed by atoms with E-state index in [1.54, 1.807) is 24.8 Å². The summed E-state index contributed by atoms with van der Waals surface area (Å²) in [5.74, 6) is -0.255. The quantitative estimate of drug-likeness (QED) is 0.100. The van der Waals surface area contributed by atoms with Crippen molar-refractivity contribution in [3.8, 4) is 0 Å². The summed E-state index contributed by atoms with van der Waals surface area (Å²) in [5, 5.41) is 31.5. The number of aliphatic hydroxyl groups is 3. The minimum atomic E-state index is -0.700. The van der Waals surface area contributed by atoms with Crippen molar-refractivity contribution >= 4 is 29.5 Å². The molecule has 3 aliphatic rings. The Morgan fingerprint density at radius 3 is 1.67 bits per heavy atom. The fourth-order valence-corrected chi connectivity index (χ4v) is 4.51. The van der Waals surface area contributed by atoms with Crippen molar-refractivity contribution in [3.63, 3.8) is 0 Å². The molecule has 0 atom stereocenters. The van der Waals surface area contributed by atoms with Gasteiger partial charge in [-0.05, 0) is 69.9 Å². The van der Waals surface area contributed by atoms with Crippen LogP contribution in [0.5, 0.6) is 0 Å². The van der Waals surface area contributed by atoms with Crippen LogP contribution in [0.1, 0.15) is 119 Å². The van der Waals surface area contributed by atoms with E-state index in [-0.39, 0.29) is 55.7 Å². The second-order valence-corrected chi connectivity index (χ2v) is 13.0. The molecule has 12 nitrogen and oxygen atoms in total. The molecule has 12 heteroatoms. The Labute approximate surface area is 294 Å². The van der Waals surface area contributed by atoms with Crippen LogP contribution < -0.4 is 10.6 Å². The van der Waals surface area contributed by atoms with Crippen molar-refractivity contribution in [1.29, 1.82) is 0 Å². The van der Waals surface area contributed by atoms with E-state index < -0.39 is 5.60 Å². The number of carbonyl (C=O) groups is 5. The van der Waals surface area contributed by atoms with E-state index in [9.17, 15) is 24.0 Å². The molecule has 0 spiro atoms. The molecular weight excluding hydrogens is 628 g/mol. The van der Waals surface area contributed by atoms with E-state index in [2.05, 4.69) is 24.5 Å². The first kappa shape index (κ1) is 45.6. The Balaban J connectivity index is 0.000000777. The summed E-state index contributed by atoms with van der Waals surface area (Å²) in [6, 6.07) is 0. The van der Waals surface area contributed by atoms with Crippen LogP contribution in [0, 0.1) is 5.92 Å². The van der Waals surface area contributed by atoms with Gasteiger partial charge >= 0.3 is 0 Å². The van der Waals surface area contributed by atoms with Gasteiger partial charge in [0, 0.05) is 76.2 Å². The van der Waals surface area contributed by atoms with Crippen LogP contribution in [0.3, 0.4) is 0 Å². The van der Waals surface area contributed by atoms with Gasteiger partial charge in [0.25, 0.3) is 17.7 Å². The Morgan fingerprint density at radius 2 is 1.20 bits per heavy atom. The van der Waals surface area contributed by atoms with Gasteiger partial charge in [0.15, 0.2) is 0 Å². The number of hydrogen-bond acceptors (Lipinski definition) is 8. The Kier molecular flexibility index (Phi) is 24.7. The number of carbonyl (C=O) groups excluding carboxylic acids is 5. The molecule has 1 saturated carbocycles. The van der Waals surface area contributed by atoms with E-state index in [1.807, 2.05) is 19.9 Å². The lowest BCUT2D eigenvalue weighted by atomic mass is 10.1.